The summed E-state index contributed by atoms with van der Waals surface area (Å²) >= 11 is 0. The van der Waals surface area contributed by atoms with Gasteiger partial charge in [0.1, 0.15) is 17.3 Å². The number of aromatic nitrogens is 2. The number of amides is 1. The molecular formula is C22H24N4O3. The highest BCUT2D eigenvalue weighted by Gasteiger charge is 2.16. The van der Waals surface area contributed by atoms with Gasteiger partial charge in [-0.2, -0.15) is 0 Å². The van der Waals surface area contributed by atoms with E-state index in [9.17, 15) is 4.79 Å². The molecular weight excluding hydrogens is 368 g/mol. The number of para-hydroxylation sites is 1. The lowest BCUT2D eigenvalue weighted by Crippen LogP contribution is -2.21. The molecule has 1 aromatic heterocycles. The fourth-order valence-corrected chi connectivity index (χ4v) is 3.00. The Morgan fingerprint density at radius 3 is 2.38 bits per heavy atom. The lowest BCUT2D eigenvalue weighted by atomic mass is 10.2. The summed E-state index contributed by atoms with van der Waals surface area (Å²) in [5, 5.41) is 2.85. The Morgan fingerprint density at radius 1 is 1.00 bits per heavy atom. The van der Waals surface area contributed by atoms with E-state index in [-0.39, 0.29) is 11.6 Å². The molecule has 0 unspecified atom stereocenters. The summed E-state index contributed by atoms with van der Waals surface area (Å²) < 4.78 is 10.5. The van der Waals surface area contributed by atoms with Crippen molar-refractivity contribution in [2.24, 2.45) is 0 Å². The van der Waals surface area contributed by atoms with E-state index < -0.39 is 0 Å². The quantitative estimate of drug-likeness (QED) is 0.649. The van der Waals surface area contributed by atoms with Gasteiger partial charge in [0.05, 0.1) is 14.2 Å². The minimum Gasteiger partial charge on any atom is -0.493 e. The Kier molecular flexibility index (Phi) is 6.29. The van der Waals surface area contributed by atoms with Crippen molar-refractivity contribution in [3.63, 3.8) is 0 Å². The third kappa shape index (κ3) is 4.63. The molecule has 1 heterocycles. The lowest BCUT2D eigenvalue weighted by Gasteiger charge is -2.22. The third-order valence-electron chi connectivity index (χ3n) is 4.36. The van der Waals surface area contributed by atoms with Crippen molar-refractivity contribution in [1.82, 2.24) is 9.97 Å². The normalized spacial score (nSPS) is 10.3. The van der Waals surface area contributed by atoms with E-state index in [1.807, 2.05) is 42.2 Å². The molecule has 7 nitrogen and oxygen atoms in total. The number of rotatable bonds is 7. The number of aryl methyl sites for hydroxylation is 1. The molecule has 3 rings (SSSR count). The van der Waals surface area contributed by atoms with Crippen LogP contribution >= 0.6 is 0 Å². The van der Waals surface area contributed by atoms with Crippen molar-refractivity contribution in [3.8, 4) is 11.5 Å². The minimum atomic E-state index is -0.326. The smallest absolute Gasteiger partial charge is 0.274 e. The molecule has 29 heavy (non-hydrogen) atoms. The number of anilines is 3. The Labute approximate surface area is 170 Å². The van der Waals surface area contributed by atoms with Gasteiger partial charge in [-0.15, -0.1) is 0 Å². The van der Waals surface area contributed by atoms with Crippen molar-refractivity contribution in [3.05, 3.63) is 66.1 Å². The van der Waals surface area contributed by atoms with Crippen LogP contribution in [0, 0.1) is 6.92 Å². The number of methoxy groups -OCH3 is 2. The number of nitrogens with zero attached hydrogens (tertiary/aromatic N) is 3. The van der Waals surface area contributed by atoms with Crippen molar-refractivity contribution in [2.45, 2.75) is 13.8 Å². The van der Waals surface area contributed by atoms with Crippen LogP contribution in [0.3, 0.4) is 0 Å². The SMILES string of the molecule is CCN(c1ccccc1)c1cc(C(=O)Nc2ccc(OC)c(OC)c2)nc(C)n1. The van der Waals surface area contributed by atoms with Crippen LogP contribution in [0.15, 0.2) is 54.6 Å². The number of hydrogen-bond acceptors (Lipinski definition) is 6. The lowest BCUT2D eigenvalue weighted by molar-refractivity contribution is 0.102. The highest BCUT2D eigenvalue weighted by molar-refractivity contribution is 6.03. The first-order valence-electron chi connectivity index (χ1n) is 9.27. The number of nitrogens with one attached hydrogen (secondary N) is 1. The molecule has 0 saturated heterocycles. The molecule has 150 valence electrons. The van der Waals surface area contributed by atoms with Crippen LogP contribution in [0.1, 0.15) is 23.2 Å². The molecule has 0 aliphatic rings. The predicted octanol–water partition coefficient (Wildman–Crippen LogP) is 4.21. The van der Waals surface area contributed by atoms with Crippen molar-refractivity contribution >= 4 is 23.1 Å². The number of carbonyl (C=O) groups excluding carboxylic acids is 1. The van der Waals surface area contributed by atoms with Gasteiger partial charge in [-0.25, -0.2) is 9.97 Å². The molecule has 7 heteroatoms. The zero-order valence-electron chi connectivity index (χ0n) is 17.0. The predicted molar refractivity (Wildman–Crippen MR) is 113 cm³/mol. The zero-order chi connectivity index (χ0) is 20.8. The van der Waals surface area contributed by atoms with Crippen LogP contribution < -0.4 is 19.7 Å². The highest BCUT2D eigenvalue weighted by atomic mass is 16.5. The second-order valence-corrected chi connectivity index (χ2v) is 6.26. The zero-order valence-corrected chi connectivity index (χ0v) is 17.0. The second kappa shape index (κ2) is 9.05. The van der Waals surface area contributed by atoms with Crippen molar-refractivity contribution in [1.29, 1.82) is 0 Å². The Morgan fingerprint density at radius 2 is 1.72 bits per heavy atom. The fourth-order valence-electron chi connectivity index (χ4n) is 3.00. The van der Waals surface area contributed by atoms with Crippen LogP contribution in [0.25, 0.3) is 0 Å². The van der Waals surface area contributed by atoms with E-state index in [1.165, 1.54) is 0 Å². The van der Waals surface area contributed by atoms with E-state index in [0.717, 1.165) is 5.69 Å². The number of benzene rings is 2. The summed E-state index contributed by atoms with van der Waals surface area (Å²) in [5.41, 5.74) is 1.87. The van der Waals surface area contributed by atoms with Crippen LogP contribution in [0.4, 0.5) is 17.2 Å². The Balaban J connectivity index is 1.88. The van der Waals surface area contributed by atoms with Crippen LogP contribution in [-0.4, -0.2) is 36.6 Å². The van der Waals surface area contributed by atoms with Crippen LogP contribution in [-0.2, 0) is 0 Å². The summed E-state index contributed by atoms with van der Waals surface area (Å²) in [6.45, 7) is 4.51. The average Bonchev–Trinajstić information content (AvgIpc) is 2.74. The van der Waals surface area contributed by atoms with Gasteiger partial charge in [-0.3, -0.25) is 4.79 Å². The van der Waals surface area contributed by atoms with Gasteiger partial charge in [-0.05, 0) is 38.1 Å². The van der Waals surface area contributed by atoms with Gasteiger partial charge < -0.3 is 19.7 Å². The molecule has 0 aliphatic carbocycles. The van der Waals surface area contributed by atoms with Gasteiger partial charge in [0.25, 0.3) is 5.91 Å². The summed E-state index contributed by atoms with van der Waals surface area (Å²) in [6.07, 6.45) is 0. The van der Waals surface area contributed by atoms with Crippen LogP contribution in [0.2, 0.25) is 0 Å². The van der Waals surface area contributed by atoms with E-state index in [1.54, 1.807) is 45.4 Å². The molecule has 0 fully saturated rings. The topological polar surface area (TPSA) is 76.6 Å². The molecule has 1 N–H and O–H groups in total. The summed E-state index contributed by atoms with van der Waals surface area (Å²) in [5.74, 6) is 1.99. The molecule has 1 amide bonds. The first kappa shape index (κ1) is 20.1. The molecule has 0 radical (unpaired) electrons. The largest absolute Gasteiger partial charge is 0.493 e. The maximum absolute atomic E-state index is 12.8. The summed E-state index contributed by atoms with van der Waals surface area (Å²) in [7, 11) is 3.11. The Hall–Kier alpha value is -3.61. The second-order valence-electron chi connectivity index (χ2n) is 6.26. The molecule has 2 aromatic carbocycles. The van der Waals surface area contributed by atoms with E-state index >= 15 is 0 Å². The van der Waals surface area contributed by atoms with Gasteiger partial charge >= 0.3 is 0 Å². The first-order chi connectivity index (χ1) is 14.0. The summed E-state index contributed by atoms with van der Waals surface area (Å²) in [4.78, 5) is 23.7. The maximum Gasteiger partial charge on any atom is 0.274 e. The molecule has 0 aliphatic heterocycles. The average molecular weight is 392 g/mol. The fraction of sp³-hybridized carbons (Fsp3) is 0.227. The molecule has 0 bridgehead atoms. The van der Waals surface area contributed by atoms with Gasteiger partial charge in [0.15, 0.2) is 11.5 Å². The standard InChI is InChI=1S/C22H24N4O3/c1-5-26(17-9-7-6-8-10-17)21-14-18(23-15(2)24-21)22(27)25-16-11-12-19(28-3)20(13-16)29-4/h6-14H,5H2,1-4H3,(H,25,27). The first-order valence-corrected chi connectivity index (χ1v) is 9.27. The van der Waals surface area contributed by atoms with E-state index in [2.05, 4.69) is 15.3 Å². The Bertz CT molecular complexity index is 993. The maximum atomic E-state index is 12.8. The molecule has 0 saturated carbocycles. The molecule has 0 atom stereocenters. The third-order valence-corrected chi connectivity index (χ3v) is 4.36. The molecule has 3 aromatic rings. The van der Waals surface area contributed by atoms with Gasteiger partial charge in [-0.1, -0.05) is 18.2 Å². The van der Waals surface area contributed by atoms with Crippen molar-refractivity contribution < 1.29 is 14.3 Å². The van der Waals surface area contributed by atoms with Crippen LogP contribution in [0.5, 0.6) is 11.5 Å². The minimum absolute atomic E-state index is 0.289. The number of carbonyl (C=O) groups is 1. The van der Waals surface area contributed by atoms with E-state index in [0.29, 0.717) is 35.4 Å². The number of ether oxygens (including phenoxy) is 2. The highest BCUT2D eigenvalue weighted by Crippen LogP contribution is 2.30. The van der Waals surface area contributed by atoms with Gasteiger partial charge in [0.2, 0.25) is 0 Å². The summed E-state index contributed by atoms with van der Waals surface area (Å²) in [6, 6.07) is 16.8. The van der Waals surface area contributed by atoms with Gasteiger partial charge in [0, 0.05) is 30.1 Å². The number of hydrogen-bond donors (Lipinski definition) is 1. The molecule has 0 spiro atoms. The van der Waals surface area contributed by atoms with Crippen molar-refractivity contribution in [2.75, 3.05) is 31.0 Å². The van der Waals surface area contributed by atoms with E-state index in [4.69, 9.17) is 9.47 Å². The monoisotopic (exact) mass is 392 g/mol.